The molecule has 0 aromatic heterocycles. The summed E-state index contributed by atoms with van der Waals surface area (Å²) in [5, 5.41) is 0. The summed E-state index contributed by atoms with van der Waals surface area (Å²) in [7, 11) is 1.73. The van der Waals surface area contributed by atoms with E-state index in [2.05, 4.69) is 0 Å². The van der Waals surface area contributed by atoms with Crippen molar-refractivity contribution < 1.29 is 9.53 Å². The maximum absolute atomic E-state index is 12.2. The van der Waals surface area contributed by atoms with E-state index in [4.69, 9.17) is 10.5 Å². The summed E-state index contributed by atoms with van der Waals surface area (Å²) in [6.45, 7) is 2.43. The molecule has 1 amide bonds. The maximum Gasteiger partial charge on any atom is 0.253 e. The number of benzene rings is 1. The number of carbonyl (C=O) groups is 1. The summed E-state index contributed by atoms with van der Waals surface area (Å²) >= 11 is 0. The lowest BCUT2D eigenvalue weighted by Crippen LogP contribution is -2.39. The zero-order valence-corrected chi connectivity index (χ0v) is 12.0. The lowest BCUT2D eigenvalue weighted by molar-refractivity contribution is 0.0613. The van der Waals surface area contributed by atoms with Gasteiger partial charge in [-0.05, 0) is 43.0 Å². The largest absolute Gasteiger partial charge is 0.399 e. The van der Waals surface area contributed by atoms with Crippen LogP contribution in [-0.4, -0.2) is 37.6 Å². The third-order valence-corrected chi connectivity index (χ3v) is 3.46. The molecular weight excluding hydrogens is 264 g/mol. The highest BCUT2D eigenvalue weighted by molar-refractivity contribution is 5.94. The number of nitrogen functional groups attached to an aromatic ring is 1. The van der Waals surface area contributed by atoms with E-state index < -0.39 is 0 Å². The topological polar surface area (TPSA) is 55.6 Å². The van der Waals surface area contributed by atoms with Gasteiger partial charge in [-0.1, -0.05) is 0 Å². The number of nitrogens with two attached hydrogens (primary N) is 1. The van der Waals surface area contributed by atoms with Gasteiger partial charge in [-0.25, -0.2) is 0 Å². The van der Waals surface area contributed by atoms with Gasteiger partial charge in [-0.15, -0.1) is 12.4 Å². The molecule has 1 aromatic carbocycles. The zero-order valence-electron chi connectivity index (χ0n) is 11.2. The number of hydrogen-bond donors (Lipinski definition) is 1. The summed E-state index contributed by atoms with van der Waals surface area (Å²) in [5.41, 5.74) is 7.02. The van der Waals surface area contributed by atoms with E-state index in [-0.39, 0.29) is 18.3 Å². The molecule has 0 spiro atoms. The van der Waals surface area contributed by atoms with Gasteiger partial charge in [0.25, 0.3) is 5.91 Å². The Bertz CT molecular complexity index is 400. The number of carbonyl (C=O) groups excluding carboxylic acids is 1. The van der Waals surface area contributed by atoms with Gasteiger partial charge in [-0.3, -0.25) is 4.79 Å². The minimum Gasteiger partial charge on any atom is -0.399 e. The van der Waals surface area contributed by atoms with E-state index in [0.717, 1.165) is 38.1 Å². The van der Waals surface area contributed by atoms with Crippen LogP contribution in [0.1, 0.15) is 23.2 Å². The van der Waals surface area contributed by atoms with E-state index in [1.807, 2.05) is 4.90 Å². The Labute approximate surface area is 120 Å². The molecule has 0 atom stereocenters. The van der Waals surface area contributed by atoms with Crippen LogP contribution in [0.2, 0.25) is 0 Å². The number of anilines is 1. The van der Waals surface area contributed by atoms with Gasteiger partial charge in [0, 0.05) is 38.1 Å². The predicted molar refractivity (Wildman–Crippen MR) is 78.6 cm³/mol. The van der Waals surface area contributed by atoms with E-state index >= 15 is 0 Å². The smallest absolute Gasteiger partial charge is 0.253 e. The molecule has 0 aliphatic carbocycles. The number of amides is 1. The minimum absolute atomic E-state index is 0. The molecule has 1 saturated heterocycles. The number of piperidine rings is 1. The summed E-state index contributed by atoms with van der Waals surface area (Å²) < 4.78 is 5.16. The fourth-order valence-electron chi connectivity index (χ4n) is 2.35. The summed E-state index contributed by atoms with van der Waals surface area (Å²) in [4.78, 5) is 14.1. The quantitative estimate of drug-likeness (QED) is 0.866. The second-order valence-electron chi connectivity index (χ2n) is 4.81. The molecule has 2 N–H and O–H groups in total. The maximum atomic E-state index is 12.2. The molecule has 0 radical (unpaired) electrons. The molecule has 4 nitrogen and oxygen atoms in total. The van der Waals surface area contributed by atoms with Crippen LogP contribution in [0.5, 0.6) is 0 Å². The Kier molecular flexibility index (Phi) is 6.12. The molecule has 1 aliphatic rings. The third-order valence-electron chi connectivity index (χ3n) is 3.46. The van der Waals surface area contributed by atoms with Crippen LogP contribution in [0, 0.1) is 5.92 Å². The SMILES string of the molecule is COCC1CCN(C(=O)c2ccc(N)cc2)CC1.Cl. The molecule has 1 aromatic rings. The Morgan fingerprint density at radius 3 is 2.42 bits per heavy atom. The first-order valence-corrected chi connectivity index (χ1v) is 6.34. The van der Waals surface area contributed by atoms with Crippen molar-refractivity contribution in [2.24, 2.45) is 5.92 Å². The number of likely N-dealkylation sites (tertiary alicyclic amines) is 1. The first kappa shape index (κ1) is 15.8. The van der Waals surface area contributed by atoms with Crippen LogP contribution < -0.4 is 5.73 Å². The van der Waals surface area contributed by atoms with Gasteiger partial charge < -0.3 is 15.4 Å². The summed E-state index contributed by atoms with van der Waals surface area (Å²) in [6.07, 6.45) is 2.04. The fraction of sp³-hybridized carbons (Fsp3) is 0.500. The van der Waals surface area contributed by atoms with Crippen LogP contribution in [-0.2, 0) is 4.74 Å². The number of rotatable bonds is 3. The number of hydrogen-bond acceptors (Lipinski definition) is 3. The molecule has 1 aliphatic heterocycles. The van der Waals surface area contributed by atoms with Gasteiger partial charge in [-0.2, -0.15) is 0 Å². The first-order valence-electron chi connectivity index (χ1n) is 6.34. The Morgan fingerprint density at radius 2 is 1.89 bits per heavy atom. The molecule has 5 heteroatoms. The van der Waals surface area contributed by atoms with Gasteiger partial charge >= 0.3 is 0 Å². The van der Waals surface area contributed by atoms with Crippen molar-refractivity contribution in [2.75, 3.05) is 32.5 Å². The molecule has 1 fully saturated rings. The molecule has 0 unspecified atom stereocenters. The van der Waals surface area contributed by atoms with Crippen molar-refractivity contribution in [2.45, 2.75) is 12.8 Å². The molecule has 106 valence electrons. The van der Waals surface area contributed by atoms with Gasteiger partial charge in [0.2, 0.25) is 0 Å². The van der Waals surface area contributed by atoms with Crippen molar-refractivity contribution in [1.82, 2.24) is 4.90 Å². The average Bonchev–Trinajstić information content (AvgIpc) is 2.40. The van der Waals surface area contributed by atoms with Crippen molar-refractivity contribution in [3.63, 3.8) is 0 Å². The van der Waals surface area contributed by atoms with Gasteiger partial charge in [0.15, 0.2) is 0 Å². The molecule has 0 saturated carbocycles. The second-order valence-corrected chi connectivity index (χ2v) is 4.81. The lowest BCUT2D eigenvalue weighted by Gasteiger charge is -2.31. The van der Waals surface area contributed by atoms with Crippen LogP contribution in [0.25, 0.3) is 0 Å². The summed E-state index contributed by atoms with van der Waals surface area (Å²) in [5.74, 6) is 0.691. The highest BCUT2D eigenvalue weighted by Crippen LogP contribution is 2.19. The van der Waals surface area contributed by atoms with Crippen molar-refractivity contribution in [3.8, 4) is 0 Å². The van der Waals surface area contributed by atoms with Crippen molar-refractivity contribution in [3.05, 3.63) is 29.8 Å². The van der Waals surface area contributed by atoms with Gasteiger partial charge in [0.1, 0.15) is 0 Å². The Hall–Kier alpha value is -1.26. The van der Waals surface area contributed by atoms with E-state index in [1.165, 1.54) is 0 Å². The molecule has 1 heterocycles. The van der Waals surface area contributed by atoms with Crippen LogP contribution in [0.3, 0.4) is 0 Å². The van der Waals surface area contributed by atoms with E-state index in [0.29, 0.717) is 11.6 Å². The first-order chi connectivity index (χ1) is 8.70. The minimum atomic E-state index is 0. The fourth-order valence-corrected chi connectivity index (χ4v) is 2.35. The average molecular weight is 285 g/mol. The number of methoxy groups -OCH3 is 1. The molecule has 0 bridgehead atoms. The molecular formula is C14H21ClN2O2. The molecule has 19 heavy (non-hydrogen) atoms. The number of halogens is 1. The predicted octanol–water partition coefficient (Wildman–Crippen LogP) is 2.19. The highest BCUT2D eigenvalue weighted by Gasteiger charge is 2.23. The standard InChI is InChI=1S/C14H20N2O2.ClH/c1-18-10-11-6-8-16(9-7-11)14(17)12-2-4-13(15)5-3-12;/h2-5,11H,6-10,15H2,1H3;1H. The third kappa shape index (κ3) is 4.11. The lowest BCUT2D eigenvalue weighted by atomic mass is 9.97. The second kappa shape index (κ2) is 7.36. The van der Waals surface area contributed by atoms with Crippen LogP contribution in [0.15, 0.2) is 24.3 Å². The Balaban J connectivity index is 0.00000180. The summed E-state index contributed by atoms with van der Waals surface area (Å²) in [6, 6.07) is 7.12. The number of ether oxygens (including phenoxy) is 1. The van der Waals surface area contributed by atoms with E-state index in [1.54, 1.807) is 31.4 Å². The normalized spacial score (nSPS) is 15.9. The zero-order chi connectivity index (χ0) is 13.0. The van der Waals surface area contributed by atoms with Crippen molar-refractivity contribution in [1.29, 1.82) is 0 Å². The number of nitrogens with zero attached hydrogens (tertiary/aromatic N) is 1. The highest BCUT2D eigenvalue weighted by atomic mass is 35.5. The van der Waals surface area contributed by atoms with Crippen molar-refractivity contribution >= 4 is 24.0 Å². The van der Waals surface area contributed by atoms with E-state index in [9.17, 15) is 4.79 Å². The Morgan fingerprint density at radius 1 is 1.32 bits per heavy atom. The van der Waals surface area contributed by atoms with Gasteiger partial charge in [0.05, 0.1) is 0 Å². The van der Waals surface area contributed by atoms with Crippen LogP contribution >= 0.6 is 12.4 Å². The molecule has 2 rings (SSSR count). The van der Waals surface area contributed by atoms with Crippen LogP contribution in [0.4, 0.5) is 5.69 Å². The monoisotopic (exact) mass is 284 g/mol.